The number of hydrogen-bond donors (Lipinski definition) is 1. The minimum Gasteiger partial charge on any atom is -0.481 e. The molecule has 0 aliphatic heterocycles. The van der Waals surface area contributed by atoms with Gasteiger partial charge in [0.25, 0.3) is 0 Å². The monoisotopic (exact) mass is 218 g/mol. The molecular weight excluding hydrogens is 213 g/mol. The van der Waals surface area contributed by atoms with Crippen LogP contribution in [-0.4, -0.2) is 16.9 Å². The van der Waals surface area contributed by atoms with Gasteiger partial charge in [0.2, 0.25) is 0 Å². The van der Waals surface area contributed by atoms with E-state index in [4.69, 9.17) is 5.11 Å². The average Bonchev–Trinajstić information content (AvgIpc) is 1.99. The minimum absolute atomic E-state index is 0.318. The molecule has 0 bridgehead atoms. The second-order valence-corrected chi connectivity index (χ2v) is 2.74. The van der Waals surface area contributed by atoms with Crippen LogP contribution in [0.5, 0.6) is 0 Å². The number of hydrogen-bond acceptors (Lipinski definition) is 2. The topological polar surface area (TPSA) is 54.4 Å². The maximum atomic E-state index is 12.9. The number of carboxylic acids is 1. The minimum atomic E-state index is -1.51. The fourth-order valence-electron chi connectivity index (χ4n) is 1.03. The van der Waals surface area contributed by atoms with Crippen LogP contribution in [0.15, 0.2) is 12.1 Å². The normalized spacial score (nSPS) is 10.1. The Hall–Kier alpha value is -1.85. The highest BCUT2D eigenvalue weighted by Gasteiger charge is 2.20. The van der Waals surface area contributed by atoms with E-state index in [1.807, 2.05) is 0 Å². The highest BCUT2D eigenvalue weighted by atomic mass is 19.1. The van der Waals surface area contributed by atoms with Crippen LogP contribution >= 0.6 is 0 Å². The maximum absolute atomic E-state index is 12.9. The van der Waals surface area contributed by atoms with Crippen LogP contribution in [0.2, 0.25) is 0 Å². The number of carbonyl (C=O) groups is 2. The molecule has 0 fully saturated rings. The number of carbonyl (C=O) groups excluding carboxylic acids is 1. The molecule has 3 nitrogen and oxygen atoms in total. The lowest BCUT2D eigenvalue weighted by atomic mass is 10.1. The van der Waals surface area contributed by atoms with E-state index < -0.39 is 41.2 Å². The van der Waals surface area contributed by atoms with Crippen molar-refractivity contribution in [2.45, 2.75) is 6.42 Å². The van der Waals surface area contributed by atoms with Gasteiger partial charge in [0.1, 0.15) is 23.9 Å². The van der Waals surface area contributed by atoms with Gasteiger partial charge in [-0.25, -0.2) is 13.2 Å². The van der Waals surface area contributed by atoms with Gasteiger partial charge in [0.15, 0.2) is 5.78 Å². The summed E-state index contributed by atoms with van der Waals surface area (Å²) in [6.07, 6.45) is -1.04. The number of halogens is 3. The van der Waals surface area contributed by atoms with Crippen molar-refractivity contribution >= 4 is 11.8 Å². The molecule has 0 radical (unpaired) electrons. The third kappa shape index (κ3) is 2.55. The molecule has 1 aromatic carbocycles. The Morgan fingerprint density at radius 2 is 1.60 bits per heavy atom. The first-order valence-electron chi connectivity index (χ1n) is 3.81. The number of benzene rings is 1. The Morgan fingerprint density at radius 1 is 1.13 bits per heavy atom. The van der Waals surface area contributed by atoms with Crippen LogP contribution in [0.25, 0.3) is 0 Å². The highest BCUT2D eigenvalue weighted by Crippen LogP contribution is 2.16. The predicted molar refractivity (Wildman–Crippen MR) is 42.9 cm³/mol. The third-order valence-electron chi connectivity index (χ3n) is 1.60. The summed E-state index contributed by atoms with van der Waals surface area (Å²) in [5, 5.41) is 8.24. The number of Topliss-reactive ketones (excluding diaryl/α,β-unsaturated/α-hetero) is 1. The van der Waals surface area contributed by atoms with Gasteiger partial charge in [-0.15, -0.1) is 0 Å². The van der Waals surface area contributed by atoms with Crippen LogP contribution in [0.3, 0.4) is 0 Å². The van der Waals surface area contributed by atoms with E-state index in [-0.39, 0.29) is 0 Å². The second-order valence-electron chi connectivity index (χ2n) is 2.74. The van der Waals surface area contributed by atoms with E-state index in [1.54, 1.807) is 0 Å². The van der Waals surface area contributed by atoms with Gasteiger partial charge in [0, 0.05) is 12.1 Å². The fraction of sp³-hybridized carbons (Fsp3) is 0.111. The Bertz CT molecular complexity index is 406. The summed E-state index contributed by atoms with van der Waals surface area (Å²) in [6, 6.07) is 0.635. The van der Waals surface area contributed by atoms with E-state index in [1.165, 1.54) is 0 Å². The highest BCUT2D eigenvalue weighted by molar-refractivity contribution is 6.05. The standard InChI is InChI=1S/C9H5F3O3/c10-4-1-5(11)9(6(12)2-4)7(13)3-8(14)15/h1-2H,3H2,(H,14,15). The predicted octanol–water partition coefficient (Wildman–Crippen LogP) is 1.76. The van der Waals surface area contributed by atoms with Gasteiger partial charge >= 0.3 is 5.97 Å². The van der Waals surface area contributed by atoms with E-state index in [9.17, 15) is 22.8 Å². The molecule has 0 spiro atoms. The van der Waals surface area contributed by atoms with Gasteiger partial charge in [-0.1, -0.05) is 0 Å². The summed E-state index contributed by atoms with van der Waals surface area (Å²) < 4.78 is 38.3. The van der Waals surface area contributed by atoms with Crippen LogP contribution in [0, 0.1) is 17.5 Å². The molecule has 6 heteroatoms. The van der Waals surface area contributed by atoms with Crippen molar-refractivity contribution in [3.05, 3.63) is 35.1 Å². The number of carboxylic acid groups (broad SMARTS) is 1. The first-order valence-corrected chi connectivity index (χ1v) is 3.81. The molecule has 0 amide bonds. The maximum Gasteiger partial charge on any atom is 0.311 e. The van der Waals surface area contributed by atoms with E-state index in [0.29, 0.717) is 12.1 Å². The Balaban J connectivity index is 3.14. The summed E-state index contributed by atoms with van der Waals surface area (Å²) >= 11 is 0. The summed E-state index contributed by atoms with van der Waals surface area (Å²) in [6.45, 7) is 0. The zero-order chi connectivity index (χ0) is 11.6. The molecule has 0 unspecified atom stereocenters. The molecule has 15 heavy (non-hydrogen) atoms. The van der Waals surface area contributed by atoms with Crippen LogP contribution in [-0.2, 0) is 4.79 Å². The molecule has 1 N–H and O–H groups in total. The van der Waals surface area contributed by atoms with Crippen molar-refractivity contribution in [2.75, 3.05) is 0 Å². The van der Waals surface area contributed by atoms with Crippen molar-refractivity contribution in [1.82, 2.24) is 0 Å². The SMILES string of the molecule is O=C(O)CC(=O)c1c(F)cc(F)cc1F. The molecule has 1 aromatic rings. The molecule has 0 saturated carbocycles. The van der Waals surface area contributed by atoms with Gasteiger partial charge in [-0.05, 0) is 0 Å². The molecule has 0 atom stereocenters. The number of aliphatic carboxylic acids is 1. The smallest absolute Gasteiger partial charge is 0.311 e. The van der Waals surface area contributed by atoms with E-state index in [2.05, 4.69) is 0 Å². The first-order chi connectivity index (χ1) is 6.91. The van der Waals surface area contributed by atoms with Gasteiger partial charge in [0.05, 0.1) is 5.56 Å². The third-order valence-corrected chi connectivity index (χ3v) is 1.60. The summed E-state index contributed by atoms with van der Waals surface area (Å²) in [5.41, 5.74) is -1.03. The summed E-state index contributed by atoms with van der Waals surface area (Å²) in [4.78, 5) is 21.2. The molecule has 0 heterocycles. The Labute approximate surface area is 82.1 Å². The molecular formula is C9H5F3O3. The molecule has 0 aromatic heterocycles. The van der Waals surface area contributed by atoms with Crippen molar-refractivity contribution in [3.8, 4) is 0 Å². The van der Waals surface area contributed by atoms with Crippen molar-refractivity contribution in [2.24, 2.45) is 0 Å². The Kier molecular flexibility index (Phi) is 3.08. The molecule has 0 saturated heterocycles. The Morgan fingerprint density at radius 3 is 2.00 bits per heavy atom. The summed E-state index contributed by atoms with van der Waals surface area (Å²) in [7, 11) is 0. The molecule has 0 aliphatic rings. The van der Waals surface area contributed by atoms with Crippen molar-refractivity contribution in [1.29, 1.82) is 0 Å². The largest absolute Gasteiger partial charge is 0.481 e. The van der Waals surface area contributed by atoms with E-state index in [0.717, 1.165) is 0 Å². The molecule has 0 aliphatic carbocycles. The van der Waals surface area contributed by atoms with E-state index >= 15 is 0 Å². The lowest BCUT2D eigenvalue weighted by molar-refractivity contribution is -0.135. The first kappa shape index (κ1) is 11.2. The average molecular weight is 218 g/mol. The number of ketones is 1. The van der Waals surface area contributed by atoms with Crippen LogP contribution in [0.4, 0.5) is 13.2 Å². The van der Waals surface area contributed by atoms with Gasteiger partial charge < -0.3 is 5.11 Å². The van der Waals surface area contributed by atoms with Gasteiger partial charge in [-0.2, -0.15) is 0 Å². The van der Waals surface area contributed by atoms with Crippen LogP contribution in [0.1, 0.15) is 16.8 Å². The van der Waals surface area contributed by atoms with Crippen LogP contribution < -0.4 is 0 Å². The number of rotatable bonds is 3. The summed E-state index contributed by atoms with van der Waals surface area (Å²) in [5.74, 6) is -6.73. The van der Waals surface area contributed by atoms with Crippen molar-refractivity contribution in [3.63, 3.8) is 0 Å². The lowest BCUT2D eigenvalue weighted by Gasteiger charge is -2.02. The lowest BCUT2D eigenvalue weighted by Crippen LogP contribution is -2.11. The zero-order valence-corrected chi connectivity index (χ0v) is 7.26. The zero-order valence-electron chi connectivity index (χ0n) is 7.26. The fourth-order valence-corrected chi connectivity index (χ4v) is 1.03. The molecule has 1 rings (SSSR count). The van der Waals surface area contributed by atoms with Gasteiger partial charge in [-0.3, -0.25) is 9.59 Å². The van der Waals surface area contributed by atoms with Crippen molar-refractivity contribution < 1.29 is 27.9 Å². The quantitative estimate of drug-likeness (QED) is 0.621. The second kappa shape index (κ2) is 4.12. The molecule has 80 valence electrons.